The van der Waals surface area contributed by atoms with E-state index < -0.39 is 42.7 Å². The van der Waals surface area contributed by atoms with E-state index in [9.17, 15) is 19.8 Å². The van der Waals surface area contributed by atoms with Gasteiger partial charge in [-0.15, -0.1) is 0 Å². The number of hydrogen-bond donors (Lipinski definition) is 4. The molecule has 0 aliphatic carbocycles. The maximum absolute atomic E-state index is 11.8. The Bertz CT molecular complexity index is 670. The fourth-order valence-electron chi connectivity index (χ4n) is 2.18. The van der Waals surface area contributed by atoms with E-state index in [-0.39, 0.29) is 16.8 Å². The predicted octanol–water partition coefficient (Wildman–Crippen LogP) is -1.77. The van der Waals surface area contributed by atoms with E-state index >= 15 is 0 Å². The lowest BCUT2D eigenvalue weighted by Gasteiger charge is -2.19. The van der Waals surface area contributed by atoms with Crippen molar-refractivity contribution in [1.82, 2.24) is 9.55 Å². The fraction of sp³-hybridized carbons (Fsp3) is 0.583. The van der Waals surface area contributed by atoms with Gasteiger partial charge in [0.15, 0.2) is 11.0 Å². The molecule has 1 saturated heterocycles. The Kier molecular flexibility index (Phi) is 5.08. The number of ether oxygens (including phenoxy) is 2. The molecular formula is C12H16N2O7S. The number of aliphatic hydroxyl groups excluding tert-OH is 3. The van der Waals surface area contributed by atoms with Crippen molar-refractivity contribution in [3.63, 3.8) is 0 Å². The minimum Gasteiger partial charge on any atom is -0.469 e. The average molecular weight is 332 g/mol. The molecule has 0 bridgehead atoms. The van der Waals surface area contributed by atoms with Crippen LogP contribution in [0.5, 0.6) is 0 Å². The summed E-state index contributed by atoms with van der Waals surface area (Å²) < 4.78 is 11.0. The highest BCUT2D eigenvalue weighted by atomic mass is 32.1. The topological polar surface area (TPSA) is 134 Å². The Morgan fingerprint density at radius 2 is 2.18 bits per heavy atom. The largest absolute Gasteiger partial charge is 0.469 e. The first-order valence-electron chi connectivity index (χ1n) is 6.42. The summed E-state index contributed by atoms with van der Waals surface area (Å²) in [7, 11) is 1.19. The molecule has 1 fully saturated rings. The molecule has 9 nitrogen and oxygen atoms in total. The third-order valence-electron chi connectivity index (χ3n) is 3.40. The molecule has 0 radical (unpaired) electrons. The molecular weight excluding hydrogens is 316 g/mol. The van der Waals surface area contributed by atoms with Crippen molar-refractivity contribution in [2.75, 3.05) is 13.7 Å². The van der Waals surface area contributed by atoms with Gasteiger partial charge in [-0.05, 0) is 12.2 Å². The lowest BCUT2D eigenvalue weighted by molar-refractivity contribution is -0.139. The van der Waals surface area contributed by atoms with Crippen LogP contribution in [0.25, 0.3) is 0 Å². The van der Waals surface area contributed by atoms with Crippen LogP contribution in [0.3, 0.4) is 0 Å². The summed E-state index contributed by atoms with van der Waals surface area (Å²) in [5, 5.41) is 28.8. The van der Waals surface area contributed by atoms with Gasteiger partial charge in [0, 0.05) is 11.8 Å². The molecule has 2 rings (SSSR count). The summed E-state index contributed by atoms with van der Waals surface area (Å²) in [6.07, 6.45) is -3.73. The van der Waals surface area contributed by atoms with E-state index in [0.29, 0.717) is 0 Å². The number of carbonyl (C=O) groups is 1. The van der Waals surface area contributed by atoms with Crippen molar-refractivity contribution in [1.29, 1.82) is 0 Å². The van der Waals surface area contributed by atoms with Gasteiger partial charge in [0.25, 0.3) is 5.56 Å². The van der Waals surface area contributed by atoms with Gasteiger partial charge in [0.2, 0.25) is 0 Å². The van der Waals surface area contributed by atoms with Crippen LogP contribution in [0, 0.1) is 4.77 Å². The van der Waals surface area contributed by atoms with Gasteiger partial charge in [-0.1, -0.05) is 0 Å². The van der Waals surface area contributed by atoms with Crippen molar-refractivity contribution < 1.29 is 29.6 Å². The molecule has 4 unspecified atom stereocenters. The third-order valence-corrected chi connectivity index (χ3v) is 3.71. The summed E-state index contributed by atoms with van der Waals surface area (Å²) >= 11 is 5.00. The van der Waals surface area contributed by atoms with Crippen LogP contribution in [0.2, 0.25) is 0 Å². The molecule has 0 spiro atoms. The molecule has 2 heterocycles. The molecule has 4 atom stereocenters. The van der Waals surface area contributed by atoms with Crippen molar-refractivity contribution in [3.05, 3.63) is 26.9 Å². The van der Waals surface area contributed by atoms with Crippen LogP contribution in [-0.4, -0.2) is 62.9 Å². The zero-order chi connectivity index (χ0) is 16.4. The SMILES string of the molecule is COC(=O)Cc1cn(C2OC(CO)C(O)C2O)c(=S)[nH]c1=O. The lowest BCUT2D eigenvalue weighted by atomic mass is 10.1. The van der Waals surface area contributed by atoms with Crippen LogP contribution in [0.15, 0.2) is 11.0 Å². The Balaban J connectivity index is 2.39. The molecule has 1 aromatic rings. The van der Waals surface area contributed by atoms with Gasteiger partial charge >= 0.3 is 5.97 Å². The van der Waals surface area contributed by atoms with Gasteiger partial charge in [-0.25, -0.2) is 0 Å². The molecule has 0 aromatic carbocycles. The monoisotopic (exact) mass is 332 g/mol. The highest BCUT2D eigenvalue weighted by Gasteiger charge is 2.43. The molecule has 22 heavy (non-hydrogen) atoms. The molecule has 122 valence electrons. The minimum atomic E-state index is -1.35. The maximum atomic E-state index is 11.8. The summed E-state index contributed by atoms with van der Waals surface area (Å²) in [5.41, 5.74) is -0.489. The molecule has 1 aromatic heterocycles. The second kappa shape index (κ2) is 6.67. The average Bonchev–Trinajstić information content (AvgIpc) is 2.77. The van der Waals surface area contributed by atoms with Crippen LogP contribution >= 0.6 is 12.2 Å². The minimum absolute atomic E-state index is 0.0477. The first-order valence-corrected chi connectivity index (χ1v) is 6.83. The first-order chi connectivity index (χ1) is 10.4. The van der Waals surface area contributed by atoms with E-state index in [2.05, 4.69) is 9.72 Å². The van der Waals surface area contributed by atoms with Crippen molar-refractivity contribution in [2.45, 2.75) is 31.0 Å². The summed E-state index contributed by atoms with van der Waals surface area (Å²) in [4.78, 5) is 25.5. The number of carbonyl (C=O) groups excluding carboxylic acids is 1. The molecule has 10 heteroatoms. The van der Waals surface area contributed by atoms with Crippen molar-refractivity contribution >= 4 is 18.2 Å². The number of nitrogens with one attached hydrogen (secondary N) is 1. The van der Waals surface area contributed by atoms with E-state index in [1.54, 1.807) is 0 Å². The zero-order valence-electron chi connectivity index (χ0n) is 11.6. The number of H-pyrrole nitrogens is 1. The van der Waals surface area contributed by atoms with E-state index in [1.165, 1.54) is 17.9 Å². The van der Waals surface area contributed by atoms with Crippen LogP contribution in [-0.2, 0) is 20.7 Å². The number of hydrogen-bond acceptors (Lipinski definition) is 8. The number of methoxy groups -OCH3 is 1. The Labute approximate surface area is 129 Å². The Hall–Kier alpha value is -1.59. The van der Waals surface area contributed by atoms with Crippen LogP contribution in [0.4, 0.5) is 0 Å². The quantitative estimate of drug-likeness (QED) is 0.376. The summed E-state index contributed by atoms with van der Waals surface area (Å²) in [6, 6.07) is 0. The van der Waals surface area contributed by atoms with Crippen molar-refractivity contribution in [2.24, 2.45) is 0 Å². The summed E-state index contributed by atoms with van der Waals surface area (Å²) in [6.45, 7) is -0.486. The number of aliphatic hydroxyl groups is 3. The van der Waals surface area contributed by atoms with E-state index in [0.717, 1.165) is 0 Å². The van der Waals surface area contributed by atoms with Crippen LogP contribution in [0.1, 0.15) is 11.8 Å². The third kappa shape index (κ3) is 3.10. The molecule has 0 amide bonds. The molecule has 1 aliphatic rings. The fourth-order valence-corrected chi connectivity index (χ4v) is 2.43. The predicted molar refractivity (Wildman–Crippen MR) is 74.6 cm³/mol. The van der Waals surface area contributed by atoms with Gasteiger partial charge in [-0.2, -0.15) is 0 Å². The normalized spacial score (nSPS) is 27.8. The van der Waals surface area contributed by atoms with E-state index in [1.807, 2.05) is 0 Å². The molecule has 0 saturated carbocycles. The van der Waals surface area contributed by atoms with Crippen LogP contribution < -0.4 is 5.56 Å². The van der Waals surface area contributed by atoms with Gasteiger partial charge in [-0.3, -0.25) is 19.1 Å². The Morgan fingerprint density at radius 1 is 1.50 bits per heavy atom. The lowest BCUT2D eigenvalue weighted by Crippen LogP contribution is -2.33. The van der Waals surface area contributed by atoms with Crippen molar-refractivity contribution in [3.8, 4) is 0 Å². The smallest absolute Gasteiger partial charge is 0.310 e. The Morgan fingerprint density at radius 3 is 2.73 bits per heavy atom. The second-order valence-corrected chi connectivity index (χ2v) is 5.19. The summed E-state index contributed by atoms with van der Waals surface area (Å²) in [5.74, 6) is -0.615. The zero-order valence-corrected chi connectivity index (χ0v) is 12.4. The second-order valence-electron chi connectivity index (χ2n) is 4.80. The number of nitrogens with zero attached hydrogens (tertiary/aromatic N) is 1. The number of aromatic amines is 1. The number of aromatic nitrogens is 2. The number of rotatable bonds is 4. The highest BCUT2D eigenvalue weighted by molar-refractivity contribution is 7.71. The standard InChI is InChI=1S/C12H16N2O7S/c1-20-7(16)2-5-3-14(12(22)13-10(5)19)11-9(18)8(17)6(4-15)21-11/h3,6,8-9,11,15,17-18H,2,4H2,1H3,(H,13,19,22). The number of esters is 1. The van der Waals surface area contributed by atoms with Gasteiger partial charge in [0.05, 0.1) is 20.1 Å². The highest BCUT2D eigenvalue weighted by Crippen LogP contribution is 2.29. The van der Waals surface area contributed by atoms with Gasteiger partial charge in [0.1, 0.15) is 18.3 Å². The van der Waals surface area contributed by atoms with E-state index in [4.69, 9.17) is 22.1 Å². The first kappa shape index (κ1) is 16.8. The maximum Gasteiger partial charge on any atom is 0.310 e. The molecule has 4 N–H and O–H groups in total. The van der Waals surface area contributed by atoms with Gasteiger partial charge < -0.3 is 24.8 Å². The molecule has 1 aliphatic heterocycles.